The molecule has 0 aliphatic carbocycles. The molecule has 0 aliphatic heterocycles. The molecule has 0 aromatic heterocycles. The Labute approximate surface area is 336 Å². The van der Waals surface area contributed by atoms with E-state index >= 15 is 0 Å². The fourth-order valence-electron chi connectivity index (χ4n) is 7.11. The van der Waals surface area contributed by atoms with Gasteiger partial charge in [0.1, 0.15) is 13.2 Å². The van der Waals surface area contributed by atoms with Crippen molar-refractivity contribution >= 4 is 17.9 Å². The van der Waals surface area contributed by atoms with E-state index in [4.69, 9.17) is 14.2 Å². The van der Waals surface area contributed by atoms with Crippen LogP contribution in [0, 0.1) is 11.8 Å². The topological polar surface area (TPSA) is 78.9 Å². The van der Waals surface area contributed by atoms with Gasteiger partial charge in [-0.1, -0.05) is 221 Å². The van der Waals surface area contributed by atoms with Gasteiger partial charge in [-0.05, 0) is 31.1 Å². The van der Waals surface area contributed by atoms with Gasteiger partial charge < -0.3 is 14.2 Å². The van der Waals surface area contributed by atoms with Crippen LogP contribution >= 0.6 is 0 Å². The predicted octanol–water partition coefficient (Wildman–Crippen LogP) is 15.0. The van der Waals surface area contributed by atoms with E-state index in [1.54, 1.807) is 0 Å². The number of hydrogen-bond acceptors (Lipinski definition) is 6. The summed E-state index contributed by atoms with van der Waals surface area (Å²) in [5.41, 5.74) is 0. The molecule has 0 bridgehead atoms. The summed E-state index contributed by atoms with van der Waals surface area (Å²) >= 11 is 0. The molecule has 6 heteroatoms. The first-order valence-corrected chi connectivity index (χ1v) is 23.7. The lowest BCUT2D eigenvalue weighted by atomic mass is 10.0. The van der Waals surface area contributed by atoms with Crippen molar-refractivity contribution in [1.29, 1.82) is 0 Å². The van der Waals surface area contributed by atoms with E-state index in [0.717, 1.165) is 69.6 Å². The average Bonchev–Trinajstić information content (AvgIpc) is 3.14. The van der Waals surface area contributed by atoms with Crippen LogP contribution in [-0.4, -0.2) is 37.2 Å². The molecule has 0 N–H and O–H groups in total. The molecule has 54 heavy (non-hydrogen) atoms. The molecule has 0 saturated heterocycles. The van der Waals surface area contributed by atoms with Crippen molar-refractivity contribution in [1.82, 2.24) is 0 Å². The van der Waals surface area contributed by atoms with Gasteiger partial charge >= 0.3 is 17.9 Å². The van der Waals surface area contributed by atoms with Crippen molar-refractivity contribution in [2.75, 3.05) is 13.2 Å². The smallest absolute Gasteiger partial charge is 0.306 e. The van der Waals surface area contributed by atoms with Gasteiger partial charge in [-0.3, -0.25) is 14.4 Å². The zero-order valence-corrected chi connectivity index (χ0v) is 36.8. The Morgan fingerprint density at radius 1 is 0.352 bits per heavy atom. The van der Waals surface area contributed by atoms with E-state index in [0.29, 0.717) is 19.3 Å². The van der Waals surface area contributed by atoms with Gasteiger partial charge in [0.25, 0.3) is 0 Å². The minimum Gasteiger partial charge on any atom is -0.462 e. The van der Waals surface area contributed by atoms with Gasteiger partial charge in [0.05, 0.1) is 0 Å². The summed E-state index contributed by atoms with van der Waals surface area (Å²) < 4.78 is 16.7. The van der Waals surface area contributed by atoms with Gasteiger partial charge in [-0.2, -0.15) is 0 Å². The molecule has 0 fully saturated rings. The van der Waals surface area contributed by atoms with E-state index in [9.17, 15) is 14.4 Å². The summed E-state index contributed by atoms with van der Waals surface area (Å²) in [7, 11) is 0. The Kier molecular flexibility index (Phi) is 39.8. The molecule has 0 aliphatic rings. The highest BCUT2D eigenvalue weighted by Crippen LogP contribution is 2.17. The molecule has 0 spiro atoms. The summed E-state index contributed by atoms with van der Waals surface area (Å²) in [6, 6.07) is 0. The normalized spacial score (nSPS) is 12.1. The summed E-state index contributed by atoms with van der Waals surface area (Å²) in [4.78, 5) is 37.7. The lowest BCUT2D eigenvalue weighted by Gasteiger charge is -2.18. The Bertz CT molecular complexity index is 824. The van der Waals surface area contributed by atoms with Crippen LogP contribution in [0.15, 0.2) is 0 Å². The molecule has 0 amide bonds. The van der Waals surface area contributed by atoms with E-state index in [-0.39, 0.29) is 31.1 Å². The van der Waals surface area contributed by atoms with Gasteiger partial charge in [0.15, 0.2) is 6.10 Å². The third-order valence-corrected chi connectivity index (χ3v) is 10.7. The maximum atomic E-state index is 12.7. The van der Waals surface area contributed by atoms with Gasteiger partial charge in [-0.25, -0.2) is 0 Å². The molecule has 0 heterocycles. The van der Waals surface area contributed by atoms with Gasteiger partial charge in [0, 0.05) is 19.3 Å². The highest BCUT2D eigenvalue weighted by atomic mass is 16.6. The Morgan fingerprint density at radius 2 is 0.611 bits per heavy atom. The minimum absolute atomic E-state index is 0.0650. The fourth-order valence-corrected chi connectivity index (χ4v) is 7.11. The lowest BCUT2D eigenvalue weighted by Crippen LogP contribution is -2.30. The fraction of sp³-hybridized carbons (Fsp3) is 0.938. The highest BCUT2D eigenvalue weighted by molar-refractivity contribution is 5.71. The third-order valence-electron chi connectivity index (χ3n) is 10.7. The van der Waals surface area contributed by atoms with E-state index < -0.39 is 6.10 Å². The van der Waals surface area contributed by atoms with Crippen LogP contribution in [-0.2, 0) is 28.6 Å². The van der Waals surface area contributed by atoms with Crippen LogP contribution in [0.2, 0.25) is 0 Å². The van der Waals surface area contributed by atoms with Crippen LogP contribution in [0.3, 0.4) is 0 Å². The average molecular weight is 765 g/mol. The van der Waals surface area contributed by atoms with Gasteiger partial charge in [0.2, 0.25) is 0 Å². The molecule has 6 nitrogen and oxygen atoms in total. The number of carbonyl (C=O) groups excluding carboxylic acids is 3. The Balaban J connectivity index is 4.32. The Hall–Kier alpha value is -1.59. The molecule has 0 unspecified atom stereocenters. The Morgan fingerprint density at radius 3 is 0.907 bits per heavy atom. The molecular formula is C48H92O6. The maximum Gasteiger partial charge on any atom is 0.306 e. The molecule has 0 aromatic rings. The predicted molar refractivity (Wildman–Crippen MR) is 229 cm³/mol. The quantitative estimate of drug-likeness (QED) is 0.0350. The standard InChI is InChI=1S/C48H92O6/c1-6-7-8-9-10-11-12-13-14-15-18-23-28-33-38-46(49)52-41-45(42-53-47(50)39-34-29-25-20-22-27-32-37-44(4)5)54-48(51)40-35-30-24-19-16-17-21-26-31-36-43(2)3/h43-45H,6-42H2,1-5H3/t45-/m0/s1. The molecule has 0 aromatic carbocycles. The third kappa shape index (κ3) is 41.6. The second-order valence-electron chi connectivity index (χ2n) is 17.3. The number of carbonyl (C=O) groups is 3. The number of esters is 3. The number of unbranched alkanes of at least 4 members (excludes halogenated alkanes) is 27. The van der Waals surface area contributed by atoms with Crippen LogP contribution in [0.4, 0.5) is 0 Å². The first kappa shape index (κ1) is 52.4. The second kappa shape index (κ2) is 41.1. The molecule has 0 radical (unpaired) electrons. The SMILES string of the molecule is CCCCCCCCCCCCCCCCC(=O)OC[C@@H](COC(=O)CCCCCCCCCC(C)C)OC(=O)CCCCCCCCCCCC(C)C. The van der Waals surface area contributed by atoms with E-state index in [1.165, 1.54) is 148 Å². The van der Waals surface area contributed by atoms with Crippen molar-refractivity contribution in [3.63, 3.8) is 0 Å². The van der Waals surface area contributed by atoms with Crippen LogP contribution < -0.4 is 0 Å². The molecule has 1 atom stereocenters. The first-order chi connectivity index (χ1) is 26.2. The molecule has 0 rings (SSSR count). The number of rotatable bonds is 42. The highest BCUT2D eigenvalue weighted by Gasteiger charge is 2.19. The lowest BCUT2D eigenvalue weighted by molar-refractivity contribution is -0.167. The van der Waals surface area contributed by atoms with Crippen molar-refractivity contribution in [2.24, 2.45) is 11.8 Å². The summed E-state index contributed by atoms with van der Waals surface area (Å²) in [5, 5.41) is 0. The van der Waals surface area contributed by atoms with Crippen molar-refractivity contribution in [3.8, 4) is 0 Å². The monoisotopic (exact) mass is 765 g/mol. The zero-order valence-electron chi connectivity index (χ0n) is 36.8. The largest absolute Gasteiger partial charge is 0.462 e. The number of hydrogen-bond donors (Lipinski definition) is 0. The molecule has 0 saturated carbocycles. The minimum atomic E-state index is -0.761. The van der Waals surface area contributed by atoms with Crippen molar-refractivity contribution in [2.45, 2.75) is 265 Å². The van der Waals surface area contributed by atoms with Crippen LogP contribution in [0.25, 0.3) is 0 Å². The second-order valence-corrected chi connectivity index (χ2v) is 17.3. The van der Waals surface area contributed by atoms with Crippen molar-refractivity contribution < 1.29 is 28.6 Å². The molecule has 320 valence electrons. The molecular weight excluding hydrogens is 673 g/mol. The number of ether oxygens (including phenoxy) is 3. The zero-order chi connectivity index (χ0) is 39.7. The first-order valence-electron chi connectivity index (χ1n) is 23.7. The maximum absolute atomic E-state index is 12.7. The summed E-state index contributed by atoms with van der Waals surface area (Å²) in [5.74, 6) is 0.729. The van der Waals surface area contributed by atoms with E-state index in [2.05, 4.69) is 34.6 Å². The van der Waals surface area contributed by atoms with Gasteiger partial charge in [-0.15, -0.1) is 0 Å². The van der Waals surface area contributed by atoms with E-state index in [1.807, 2.05) is 0 Å². The van der Waals surface area contributed by atoms with Crippen LogP contribution in [0.5, 0.6) is 0 Å². The summed E-state index contributed by atoms with van der Waals surface area (Å²) in [6.07, 6.45) is 39.5. The van der Waals surface area contributed by atoms with Crippen LogP contribution in [0.1, 0.15) is 259 Å². The van der Waals surface area contributed by atoms with Crippen molar-refractivity contribution in [3.05, 3.63) is 0 Å². The summed E-state index contributed by atoms with van der Waals surface area (Å²) in [6.45, 7) is 11.3.